The van der Waals surface area contributed by atoms with Gasteiger partial charge in [-0.25, -0.2) is 8.42 Å². The minimum absolute atomic E-state index is 0.210. The van der Waals surface area contributed by atoms with E-state index in [1.807, 2.05) is 0 Å². The predicted octanol–water partition coefficient (Wildman–Crippen LogP) is 1.24. The van der Waals surface area contributed by atoms with E-state index in [9.17, 15) is 8.42 Å². The number of hydrogen-bond donors (Lipinski definition) is 0. The average molecular weight is 257 g/mol. The smallest absolute Gasteiger partial charge is 0.235 e. The summed E-state index contributed by atoms with van der Waals surface area (Å²) < 4.78 is 35.2. The zero-order valence-electron chi connectivity index (χ0n) is 9.84. The van der Waals surface area contributed by atoms with Gasteiger partial charge in [0.25, 0.3) is 0 Å². The van der Waals surface area contributed by atoms with Crippen LogP contribution in [0.3, 0.4) is 0 Å². The molecule has 1 aromatic carbocycles. The first-order valence-corrected chi connectivity index (χ1v) is 6.92. The van der Waals surface area contributed by atoms with Crippen LogP contribution in [0.15, 0.2) is 18.2 Å². The Balaban J connectivity index is 2.40. The topological polar surface area (TPSA) is 55.8 Å². The highest BCUT2D eigenvalue weighted by Crippen LogP contribution is 2.33. The number of nitrogens with zero attached hydrogens (tertiary/aromatic N) is 1. The van der Waals surface area contributed by atoms with Crippen LogP contribution in [0, 0.1) is 0 Å². The van der Waals surface area contributed by atoms with Gasteiger partial charge < -0.3 is 9.47 Å². The Hall–Kier alpha value is -1.43. The van der Waals surface area contributed by atoms with Gasteiger partial charge >= 0.3 is 0 Å². The van der Waals surface area contributed by atoms with E-state index >= 15 is 0 Å². The Bertz CT molecular complexity index is 512. The molecule has 1 aromatic rings. The number of anilines is 1. The first-order valence-electron chi connectivity index (χ1n) is 5.31. The number of ether oxygens (including phenoxy) is 2. The molecule has 0 amide bonds. The van der Waals surface area contributed by atoms with Gasteiger partial charge in [0.05, 0.1) is 25.7 Å². The van der Waals surface area contributed by atoms with Crippen molar-refractivity contribution in [1.29, 1.82) is 0 Å². The van der Waals surface area contributed by atoms with E-state index in [-0.39, 0.29) is 5.75 Å². The Kier molecular flexibility index (Phi) is 3.15. The number of rotatable bonds is 3. The Morgan fingerprint density at radius 3 is 2.41 bits per heavy atom. The molecule has 2 rings (SSSR count). The third-order valence-electron chi connectivity index (χ3n) is 2.75. The molecule has 0 atom stereocenters. The third-order valence-corrected chi connectivity index (χ3v) is 4.62. The van der Waals surface area contributed by atoms with E-state index in [0.717, 1.165) is 0 Å². The highest BCUT2D eigenvalue weighted by Gasteiger charge is 2.28. The van der Waals surface area contributed by atoms with Crippen molar-refractivity contribution in [2.75, 3.05) is 30.8 Å². The van der Waals surface area contributed by atoms with Crippen LogP contribution >= 0.6 is 0 Å². The van der Waals surface area contributed by atoms with Crippen molar-refractivity contribution in [3.8, 4) is 11.5 Å². The summed E-state index contributed by atoms with van der Waals surface area (Å²) in [6.07, 6.45) is 0.663. The number of benzene rings is 1. The van der Waals surface area contributed by atoms with E-state index in [1.54, 1.807) is 25.3 Å². The first kappa shape index (κ1) is 12.0. The molecule has 0 radical (unpaired) electrons. The van der Waals surface area contributed by atoms with Gasteiger partial charge in [-0.2, -0.15) is 0 Å². The van der Waals surface area contributed by atoms with Gasteiger partial charge in [-0.15, -0.1) is 0 Å². The molecule has 0 unspecified atom stereocenters. The maximum Gasteiger partial charge on any atom is 0.235 e. The number of sulfonamides is 1. The lowest BCUT2D eigenvalue weighted by atomic mass is 10.2. The lowest BCUT2D eigenvalue weighted by Gasteiger charge is -2.18. The van der Waals surface area contributed by atoms with Crippen LogP contribution in [0.5, 0.6) is 11.5 Å². The minimum Gasteiger partial charge on any atom is -0.493 e. The Labute approximate surface area is 101 Å². The number of hydrogen-bond acceptors (Lipinski definition) is 4. The van der Waals surface area contributed by atoms with Crippen LogP contribution in [0.4, 0.5) is 5.69 Å². The van der Waals surface area contributed by atoms with Gasteiger partial charge in [0.1, 0.15) is 0 Å². The molecule has 0 bridgehead atoms. The van der Waals surface area contributed by atoms with Crippen molar-refractivity contribution in [2.24, 2.45) is 0 Å². The molecular formula is C11H15NO4S. The summed E-state index contributed by atoms with van der Waals surface area (Å²) in [5, 5.41) is 0. The van der Waals surface area contributed by atoms with E-state index < -0.39 is 10.0 Å². The van der Waals surface area contributed by atoms with Gasteiger partial charge in [0, 0.05) is 12.6 Å². The Morgan fingerprint density at radius 2 is 1.88 bits per heavy atom. The molecule has 5 nitrogen and oxygen atoms in total. The van der Waals surface area contributed by atoms with Crippen molar-refractivity contribution in [3.63, 3.8) is 0 Å². The molecule has 1 fully saturated rings. The summed E-state index contributed by atoms with van der Waals surface area (Å²) >= 11 is 0. The summed E-state index contributed by atoms with van der Waals surface area (Å²) in [4.78, 5) is 0. The van der Waals surface area contributed by atoms with Gasteiger partial charge in [-0.3, -0.25) is 4.31 Å². The second-order valence-corrected chi connectivity index (χ2v) is 5.79. The second-order valence-electron chi connectivity index (χ2n) is 3.78. The Morgan fingerprint density at radius 1 is 1.18 bits per heavy atom. The van der Waals surface area contributed by atoms with Crippen molar-refractivity contribution < 1.29 is 17.9 Å². The molecule has 6 heteroatoms. The first-order chi connectivity index (χ1) is 8.08. The molecule has 94 valence electrons. The third kappa shape index (κ3) is 2.17. The molecular weight excluding hydrogens is 242 g/mol. The highest BCUT2D eigenvalue weighted by molar-refractivity contribution is 7.93. The number of methoxy groups -OCH3 is 2. The van der Waals surface area contributed by atoms with Crippen molar-refractivity contribution in [2.45, 2.75) is 6.42 Å². The normalized spacial score (nSPS) is 18.1. The molecule has 1 aliphatic heterocycles. The lowest BCUT2D eigenvalue weighted by Crippen LogP contribution is -2.24. The van der Waals surface area contributed by atoms with Gasteiger partial charge in [-0.05, 0) is 18.6 Å². The zero-order valence-corrected chi connectivity index (χ0v) is 10.7. The highest BCUT2D eigenvalue weighted by atomic mass is 32.2. The molecule has 17 heavy (non-hydrogen) atoms. The van der Waals surface area contributed by atoms with Crippen LogP contribution in [0.2, 0.25) is 0 Å². The molecule has 1 saturated heterocycles. The van der Waals surface area contributed by atoms with Crippen LogP contribution in [-0.4, -0.2) is 34.9 Å². The standard InChI is InChI=1S/C11H15NO4S/c1-15-10-5-4-9(8-11(10)16-2)12-6-3-7-17(12,13)14/h4-5,8H,3,6-7H2,1-2H3. The van der Waals surface area contributed by atoms with Crippen LogP contribution < -0.4 is 13.8 Å². The summed E-state index contributed by atoms with van der Waals surface area (Å²) in [6, 6.07) is 5.12. The fourth-order valence-corrected chi connectivity index (χ4v) is 3.47. The summed E-state index contributed by atoms with van der Waals surface area (Å²) in [7, 11) is -0.0741. The van der Waals surface area contributed by atoms with Crippen LogP contribution in [0.25, 0.3) is 0 Å². The fraction of sp³-hybridized carbons (Fsp3) is 0.455. The molecule has 1 aliphatic rings. The van der Waals surface area contributed by atoms with E-state index in [4.69, 9.17) is 9.47 Å². The quantitative estimate of drug-likeness (QED) is 0.817. The molecule has 0 aromatic heterocycles. The molecule has 0 spiro atoms. The van der Waals surface area contributed by atoms with Crippen molar-refractivity contribution in [3.05, 3.63) is 18.2 Å². The van der Waals surface area contributed by atoms with Gasteiger partial charge in [-0.1, -0.05) is 0 Å². The van der Waals surface area contributed by atoms with Gasteiger partial charge in [0.2, 0.25) is 10.0 Å². The largest absolute Gasteiger partial charge is 0.493 e. The van der Waals surface area contributed by atoms with Gasteiger partial charge in [0.15, 0.2) is 11.5 Å². The maximum absolute atomic E-state index is 11.8. The second kappa shape index (κ2) is 4.44. The lowest BCUT2D eigenvalue weighted by molar-refractivity contribution is 0.355. The predicted molar refractivity (Wildman–Crippen MR) is 65.3 cm³/mol. The zero-order chi connectivity index (χ0) is 12.5. The van der Waals surface area contributed by atoms with Crippen molar-refractivity contribution in [1.82, 2.24) is 0 Å². The van der Waals surface area contributed by atoms with Crippen molar-refractivity contribution >= 4 is 15.7 Å². The summed E-state index contributed by atoms with van der Waals surface area (Å²) in [6.45, 7) is 0.526. The fourth-order valence-electron chi connectivity index (χ4n) is 1.91. The SMILES string of the molecule is COc1ccc(N2CCCS2(=O)=O)cc1OC. The molecule has 0 aliphatic carbocycles. The van der Waals surface area contributed by atoms with Crippen LogP contribution in [0.1, 0.15) is 6.42 Å². The monoisotopic (exact) mass is 257 g/mol. The summed E-state index contributed by atoms with van der Waals surface area (Å²) in [5.41, 5.74) is 0.625. The molecule has 0 N–H and O–H groups in total. The van der Waals surface area contributed by atoms with Crippen LogP contribution in [-0.2, 0) is 10.0 Å². The molecule has 0 saturated carbocycles. The minimum atomic E-state index is -3.15. The molecule has 1 heterocycles. The van der Waals surface area contributed by atoms with E-state index in [2.05, 4.69) is 0 Å². The summed E-state index contributed by atoms with van der Waals surface area (Å²) in [5.74, 6) is 1.33. The van der Waals surface area contributed by atoms with E-state index in [0.29, 0.717) is 30.2 Å². The van der Waals surface area contributed by atoms with E-state index in [1.165, 1.54) is 11.4 Å². The maximum atomic E-state index is 11.8. The average Bonchev–Trinajstić information content (AvgIpc) is 2.68.